The van der Waals surface area contributed by atoms with Crippen molar-refractivity contribution in [2.75, 3.05) is 36.1 Å². The molecule has 0 radical (unpaired) electrons. The molecule has 0 saturated carbocycles. The average Bonchev–Trinajstić information content (AvgIpc) is 3.13. The molecule has 172 valence electrons. The van der Waals surface area contributed by atoms with Crippen LogP contribution in [0.5, 0.6) is 5.88 Å². The van der Waals surface area contributed by atoms with Gasteiger partial charge in [-0.25, -0.2) is 17.8 Å². The predicted molar refractivity (Wildman–Crippen MR) is 118 cm³/mol. The summed E-state index contributed by atoms with van der Waals surface area (Å²) in [5, 5.41) is 9.53. The first-order valence-corrected chi connectivity index (χ1v) is 11.5. The molecule has 1 amide bonds. The first-order valence-electron chi connectivity index (χ1n) is 9.51. The number of carbonyl (C=O) groups is 1. The minimum absolute atomic E-state index is 0.181. The lowest BCUT2D eigenvalue weighted by molar-refractivity contribution is 0.102. The van der Waals surface area contributed by atoms with Gasteiger partial charge in [0.1, 0.15) is 6.61 Å². The van der Waals surface area contributed by atoms with Crippen LogP contribution in [0.4, 0.5) is 15.8 Å². The van der Waals surface area contributed by atoms with Crippen molar-refractivity contribution in [1.29, 1.82) is 0 Å². The summed E-state index contributed by atoms with van der Waals surface area (Å²) in [6, 6.07) is 3.94. The number of rotatable bonds is 10. The van der Waals surface area contributed by atoms with Crippen LogP contribution in [0, 0.1) is 5.82 Å². The van der Waals surface area contributed by atoms with Crippen molar-refractivity contribution in [3.8, 4) is 5.88 Å². The Balaban J connectivity index is 1.86. The molecular weight excluding hydrogens is 465 g/mol. The topological polar surface area (TPSA) is 135 Å². The smallest absolute Gasteiger partial charge is 0.260 e. The van der Waals surface area contributed by atoms with E-state index in [0.717, 1.165) is 6.07 Å². The summed E-state index contributed by atoms with van der Waals surface area (Å²) in [5.74, 6) is -1.90. The predicted octanol–water partition coefficient (Wildman–Crippen LogP) is 3.18. The van der Waals surface area contributed by atoms with Crippen molar-refractivity contribution in [3.63, 3.8) is 0 Å². The van der Waals surface area contributed by atoms with Gasteiger partial charge in [-0.2, -0.15) is 0 Å². The van der Waals surface area contributed by atoms with Crippen LogP contribution in [0.1, 0.15) is 23.7 Å². The van der Waals surface area contributed by atoms with E-state index >= 15 is 0 Å². The van der Waals surface area contributed by atoms with E-state index in [1.54, 1.807) is 13.0 Å². The average molecular weight is 486 g/mol. The van der Waals surface area contributed by atoms with Crippen LogP contribution in [0.2, 0.25) is 5.02 Å². The van der Waals surface area contributed by atoms with Gasteiger partial charge in [0.05, 0.1) is 45.9 Å². The fraction of sp³-hybridized carbons (Fsp3) is 0.316. The Morgan fingerprint density at radius 2 is 2.09 bits per heavy atom. The van der Waals surface area contributed by atoms with Gasteiger partial charge in [-0.15, -0.1) is 5.10 Å². The van der Waals surface area contributed by atoms with Crippen LogP contribution >= 0.6 is 11.6 Å². The van der Waals surface area contributed by atoms with Crippen molar-refractivity contribution in [3.05, 3.63) is 40.8 Å². The minimum Gasteiger partial charge on any atom is -0.474 e. The number of nitrogens with one attached hydrogen (secondary N) is 3. The molecule has 0 aliphatic carbocycles. The molecule has 2 heterocycles. The number of anilines is 2. The van der Waals surface area contributed by atoms with E-state index in [-0.39, 0.29) is 34.6 Å². The van der Waals surface area contributed by atoms with E-state index < -0.39 is 27.3 Å². The fourth-order valence-corrected chi connectivity index (χ4v) is 4.17. The maximum atomic E-state index is 15.0. The summed E-state index contributed by atoms with van der Waals surface area (Å²) in [4.78, 5) is 16.9. The molecule has 0 unspecified atom stereocenters. The van der Waals surface area contributed by atoms with Crippen LogP contribution in [0.25, 0.3) is 11.0 Å². The van der Waals surface area contributed by atoms with Crippen molar-refractivity contribution in [2.45, 2.75) is 13.3 Å². The number of sulfonamides is 1. The quantitative estimate of drug-likeness (QED) is 0.375. The number of fused-ring (bicyclic) bond motifs is 1. The Hall–Kier alpha value is -2.96. The van der Waals surface area contributed by atoms with Crippen LogP contribution in [-0.4, -0.2) is 55.6 Å². The second-order valence-electron chi connectivity index (χ2n) is 6.65. The monoisotopic (exact) mass is 485 g/mol. The maximum absolute atomic E-state index is 15.0. The minimum atomic E-state index is -3.76. The van der Waals surface area contributed by atoms with Gasteiger partial charge in [-0.05, 0) is 24.6 Å². The molecule has 0 saturated heterocycles. The molecular formula is C19H21ClFN5O5S. The van der Waals surface area contributed by atoms with Crippen molar-refractivity contribution in [1.82, 2.24) is 15.2 Å². The highest BCUT2D eigenvalue weighted by atomic mass is 35.5. The number of H-pyrrole nitrogens is 1. The molecule has 10 nitrogen and oxygen atoms in total. The number of carbonyl (C=O) groups excluding carboxylic acids is 1. The van der Waals surface area contributed by atoms with Gasteiger partial charge in [-0.1, -0.05) is 18.5 Å². The van der Waals surface area contributed by atoms with Crippen LogP contribution in [0.15, 0.2) is 24.4 Å². The molecule has 2 aromatic heterocycles. The first-order chi connectivity index (χ1) is 15.3. The van der Waals surface area contributed by atoms with Crippen molar-refractivity contribution < 1.29 is 27.1 Å². The third-order valence-electron chi connectivity index (χ3n) is 4.22. The van der Waals surface area contributed by atoms with E-state index in [1.165, 1.54) is 19.4 Å². The Morgan fingerprint density at radius 1 is 1.31 bits per heavy atom. The molecule has 0 spiro atoms. The molecule has 3 N–H and O–H groups in total. The molecule has 32 heavy (non-hydrogen) atoms. The number of pyridine rings is 1. The number of aromatic amines is 1. The number of methoxy groups -OCH3 is 1. The highest BCUT2D eigenvalue weighted by Crippen LogP contribution is 2.29. The number of amides is 1. The SMILES string of the molecule is CCCS(=O)(=O)Nc1ccc(Cl)c(C(=O)Nc2cnc3[nH]nc(OCCOC)c3c2)c1F. The molecule has 0 aliphatic heterocycles. The van der Waals surface area contributed by atoms with E-state index in [2.05, 4.69) is 25.2 Å². The zero-order valence-corrected chi connectivity index (χ0v) is 18.8. The lowest BCUT2D eigenvalue weighted by Gasteiger charge is -2.13. The van der Waals surface area contributed by atoms with Gasteiger partial charge in [0.25, 0.3) is 5.91 Å². The fourth-order valence-electron chi connectivity index (χ4n) is 2.80. The van der Waals surface area contributed by atoms with Gasteiger partial charge >= 0.3 is 0 Å². The largest absolute Gasteiger partial charge is 0.474 e. The number of halogens is 2. The summed E-state index contributed by atoms with van der Waals surface area (Å²) in [6.45, 7) is 2.29. The van der Waals surface area contributed by atoms with Crippen LogP contribution < -0.4 is 14.8 Å². The van der Waals surface area contributed by atoms with E-state index in [1.807, 2.05) is 0 Å². The molecule has 1 aromatic carbocycles. The molecule has 0 atom stereocenters. The number of aromatic nitrogens is 3. The van der Waals surface area contributed by atoms with Gasteiger partial charge < -0.3 is 14.8 Å². The Kier molecular flexibility index (Phi) is 7.48. The van der Waals surface area contributed by atoms with Crippen LogP contribution in [-0.2, 0) is 14.8 Å². The summed E-state index contributed by atoms with van der Waals surface area (Å²) in [6.07, 6.45) is 1.69. The maximum Gasteiger partial charge on any atom is 0.260 e. The Bertz CT molecular complexity index is 1230. The third-order valence-corrected chi connectivity index (χ3v) is 6.01. The van der Waals surface area contributed by atoms with Gasteiger partial charge in [0, 0.05) is 7.11 Å². The zero-order valence-electron chi connectivity index (χ0n) is 17.2. The highest BCUT2D eigenvalue weighted by molar-refractivity contribution is 7.92. The van der Waals surface area contributed by atoms with Crippen molar-refractivity contribution >= 4 is 49.9 Å². The number of hydrogen-bond donors (Lipinski definition) is 3. The standard InChI is InChI=1S/C19H21ClFN5O5S/c1-3-8-32(28,29)26-14-5-4-13(20)15(16(14)21)18(27)23-11-9-12-17(22-10-11)24-25-19(12)31-7-6-30-2/h4-5,9-10,26H,3,6-8H2,1-2H3,(H,23,27)(H,22,24,25). The molecule has 13 heteroatoms. The Morgan fingerprint density at radius 3 is 2.81 bits per heavy atom. The molecule has 0 bridgehead atoms. The van der Waals surface area contributed by atoms with Crippen molar-refractivity contribution in [2.24, 2.45) is 0 Å². The normalized spacial score (nSPS) is 11.5. The highest BCUT2D eigenvalue weighted by Gasteiger charge is 2.22. The molecule has 3 rings (SSSR count). The van der Waals surface area contributed by atoms with Gasteiger partial charge in [0.2, 0.25) is 15.9 Å². The zero-order chi connectivity index (χ0) is 23.3. The summed E-state index contributed by atoms with van der Waals surface area (Å²) in [7, 11) is -2.22. The van der Waals surface area contributed by atoms with Crippen LogP contribution in [0.3, 0.4) is 0 Å². The summed E-state index contributed by atoms with van der Waals surface area (Å²) in [5.41, 5.74) is -0.225. The van der Waals surface area contributed by atoms with Gasteiger partial charge in [0.15, 0.2) is 11.5 Å². The second-order valence-corrected chi connectivity index (χ2v) is 8.90. The van der Waals surface area contributed by atoms with Gasteiger partial charge in [-0.3, -0.25) is 14.6 Å². The number of nitrogens with zero attached hydrogens (tertiary/aromatic N) is 2. The number of hydrogen-bond acceptors (Lipinski definition) is 7. The lowest BCUT2D eigenvalue weighted by atomic mass is 10.1. The first kappa shape index (κ1) is 23.7. The van der Waals surface area contributed by atoms with E-state index in [0.29, 0.717) is 24.1 Å². The number of ether oxygens (including phenoxy) is 2. The number of benzene rings is 1. The molecule has 3 aromatic rings. The molecule has 0 fully saturated rings. The lowest BCUT2D eigenvalue weighted by Crippen LogP contribution is -2.20. The Labute approximate surface area is 188 Å². The molecule has 0 aliphatic rings. The second kappa shape index (κ2) is 10.1. The summed E-state index contributed by atoms with van der Waals surface area (Å²) < 4.78 is 51.5. The van der Waals surface area contributed by atoms with E-state index in [4.69, 9.17) is 21.1 Å². The summed E-state index contributed by atoms with van der Waals surface area (Å²) >= 11 is 6.03. The van der Waals surface area contributed by atoms with E-state index in [9.17, 15) is 17.6 Å². The third kappa shape index (κ3) is 5.44.